The van der Waals surface area contributed by atoms with Crippen molar-refractivity contribution in [2.45, 2.75) is 20.0 Å². The van der Waals surface area contributed by atoms with Crippen LogP contribution in [0, 0.1) is 5.82 Å². The number of nitrogen functional groups attached to an aromatic ring is 1. The Bertz CT molecular complexity index is 1100. The quantitative estimate of drug-likeness (QED) is 0.381. The third-order valence-corrected chi connectivity index (χ3v) is 5.54. The maximum Gasteiger partial charge on any atom is 0.283 e. The van der Waals surface area contributed by atoms with E-state index in [1.807, 2.05) is 6.92 Å². The van der Waals surface area contributed by atoms with Crippen molar-refractivity contribution in [3.8, 4) is 11.5 Å². The van der Waals surface area contributed by atoms with Crippen molar-refractivity contribution in [3.05, 3.63) is 68.9 Å². The van der Waals surface area contributed by atoms with Crippen molar-refractivity contribution < 1.29 is 18.7 Å². The van der Waals surface area contributed by atoms with Gasteiger partial charge in [-0.3, -0.25) is 4.79 Å². The summed E-state index contributed by atoms with van der Waals surface area (Å²) in [4.78, 5) is 16.8. The van der Waals surface area contributed by atoms with Crippen molar-refractivity contribution in [1.82, 2.24) is 10.4 Å². The van der Waals surface area contributed by atoms with E-state index in [0.717, 1.165) is 11.3 Å². The Labute approximate surface area is 187 Å². The molecule has 7 nitrogen and oxygen atoms in total. The molecule has 0 unspecified atom stereocenters. The molecule has 10 heteroatoms. The summed E-state index contributed by atoms with van der Waals surface area (Å²) in [7, 11) is 1.49. The number of methoxy groups -OCH3 is 1. The zero-order chi connectivity index (χ0) is 22.4. The predicted molar refractivity (Wildman–Crippen MR) is 120 cm³/mol. The Balaban J connectivity index is 1.67. The third kappa shape index (κ3) is 5.50. The molecule has 3 N–H and O–H groups in total. The zero-order valence-corrected chi connectivity index (χ0v) is 18.4. The summed E-state index contributed by atoms with van der Waals surface area (Å²) in [5, 5.41) is 4.60. The lowest BCUT2D eigenvalue weighted by Crippen LogP contribution is -2.17. The molecule has 162 valence electrons. The number of hydrazone groups is 1. The first-order valence-electron chi connectivity index (χ1n) is 9.25. The van der Waals surface area contributed by atoms with Gasteiger partial charge in [0.15, 0.2) is 16.6 Å². The van der Waals surface area contributed by atoms with E-state index in [0.29, 0.717) is 39.2 Å². The number of hydrogen-bond acceptors (Lipinski definition) is 7. The second-order valence-electron chi connectivity index (χ2n) is 6.28. The fourth-order valence-electron chi connectivity index (χ4n) is 2.71. The van der Waals surface area contributed by atoms with Crippen LogP contribution >= 0.6 is 22.9 Å². The van der Waals surface area contributed by atoms with Gasteiger partial charge in [-0.2, -0.15) is 5.10 Å². The summed E-state index contributed by atoms with van der Waals surface area (Å²) in [6, 6.07) is 9.50. The van der Waals surface area contributed by atoms with Crippen LogP contribution in [0.15, 0.2) is 41.5 Å². The average molecular weight is 463 g/mol. The molecule has 0 aliphatic carbocycles. The van der Waals surface area contributed by atoms with E-state index in [1.165, 1.54) is 25.5 Å². The van der Waals surface area contributed by atoms with Gasteiger partial charge in [-0.25, -0.2) is 14.8 Å². The van der Waals surface area contributed by atoms with Gasteiger partial charge >= 0.3 is 0 Å². The highest BCUT2D eigenvalue weighted by atomic mass is 35.5. The largest absolute Gasteiger partial charge is 0.493 e. The lowest BCUT2D eigenvalue weighted by molar-refractivity contribution is 0.0958. The number of nitrogens with one attached hydrogen (secondary N) is 1. The summed E-state index contributed by atoms with van der Waals surface area (Å²) >= 11 is 7.14. The Kier molecular flexibility index (Phi) is 7.43. The number of hydrogen-bond donors (Lipinski definition) is 2. The summed E-state index contributed by atoms with van der Waals surface area (Å²) in [6.07, 6.45) is 2.06. The molecule has 0 aliphatic heterocycles. The van der Waals surface area contributed by atoms with Crippen LogP contribution in [0.25, 0.3) is 0 Å². The van der Waals surface area contributed by atoms with Crippen LogP contribution in [0.5, 0.6) is 11.5 Å². The number of thiazole rings is 1. The number of nitrogens with zero attached hydrogens (tertiary/aromatic N) is 2. The molecule has 31 heavy (non-hydrogen) atoms. The van der Waals surface area contributed by atoms with Gasteiger partial charge in [-0.15, -0.1) is 0 Å². The Hall–Kier alpha value is -3.17. The Morgan fingerprint density at radius 2 is 2.16 bits per heavy atom. The fourth-order valence-corrected chi connectivity index (χ4v) is 3.74. The SMILES string of the molecule is CCc1nc(N)sc1C(=O)N/N=C\c1ccc(OCc2c(F)cccc2Cl)c(OC)c1. The number of rotatable bonds is 8. The van der Waals surface area contributed by atoms with Gasteiger partial charge in [0, 0.05) is 5.56 Å². The van der Waals surface area contributed by atoms with Gasteiger partial charge in [0.25, 0.3) is 5.91 Å². The number of carbonyl (C=O) groups excluding carboxylic acids is 1. The van der Waals surface area contributed by atoms with Gasteiger partial charge < -0.3 is 15.2 Å². The topological polar surface area (TPSA) is 98.8 Å². The maximum absolute atomic E-state index is 13.9. The first-order valence-corrected chi connectivity index (χ1v) is 10.4. The molecule has 3 aromatic rings. The molecule has 0 saturated carbocycles. The normalized spacial score (nSPS) is 11.0. The van der Waals surface area contributed by atoms with E-state index < -0.39 is 5.82 Å². The van der Waals surface area contributed by atoms with Crippen LogP contribution in [0.1, 0.15) is 33.4 Å². The molecule has 2 aromatic carbocycles. The lowest BCUT2D eigenvalue weighted by Gasteiger charge is -2.12. The molecular formula is C21H20ClFN4O3S. The van der Waals surface area contributed by atoms with Gasteiger partial charge in [0.05, 0.1) is 24.0 Å². The van der Waals surface area contributed by atoms with E-state index in [-0.39, 0.29) is 23.1 Å². The molecule has 0 saturated heterocycles. The van der Waals surface area contributed by atoms with Crippen LogP contribution in [0.2, 0.25) is 5.02 Å². The van der Waals surface area contributed by atoms with Crippen molar-refractivity contribution in [2.75, 3.05) is 12.8 Å². The maximum atomic E-state index is 13.9. The first kappa shape index (κ1) is 22.5. The molecule has 1 heterocycles. The molecule has 3 rings (SSSR count). The van der Waals surface area contributed by atoms with E-state index in [4.69, 9.17) is 26.8 Å². The number of aromatic nitrogens is 1. The second kappa shape index (κ2) is 10.2. The van der Waals surface area contributed by atoms with Gasteiger partial charge in [0.1, 0.15) is 17.3 Å². The van der Waals surface area contributed by atoms with Crippen molar-refractivity contribution >= 4 is 40.2 Å². The molecule has 1 aromatic heterocycles. The number of carbonyl (C=O) groups is 1. The molecule has 0 fully saturated rings. The average Bonchev–Trinajstić information content (AvgIpc) is 3.14. The highest BCUT2D eigenvalue weighted by molar-refractivity contribution is 7.17. The first-order chi connectivity index (χ1) is 14.9. The summed E-state index contributed by atoms with van der Waals surface area (Å²) in [5.41, 5.74) is 9.69. The minimum atomic E-state index is -0.445. The molecule has 0 atom stereocenters. The number of ether oxygens (including phenoxy) is 2. The van der Waals surface area contributed by atoms with Crippen molar-refractivity contribution in [1.29, 1.82) is 0 Å². The van der Waals surface area contributed by atoms with Gasteiger partial charge in [-0.05, 0) is 42.3 Å². The monoisotopic (exact) mass is 462 g/mol. The predicted octanol–water partition coefficient (Wildman–Crippen LogP) is 4.43. The van der Waals surface area contributed by atoms with Crippen LogP contribution < -0.4 is 20.6 Å². The van der Waals surface area contributed by atoms with Gasteiger partial charge in [-0.1, -0.05) is 35.9 Å². The number of benzene rings is 2. The van der Waals surface area contributed by atoms with Crippen LogP contribution in [0.3, 0.4) is 0 Å². The van der Waals surface area contributed by atoms with E-state index in [2.05, 4.69) is 15.5 Å². The molecular weight excluding hydrogens is 443 g/mol. The fraction of sp³-hybridized carbons (Fsp3) is 0.190. The highest BCUT2D eigenvalue weighted by Crippen LogP contribution is 2.30. The van der Waals surface area contributed by atoms with E-state index in [1.54, 1.807) is 24.3 Å². The highest BCUT2D eigenvalue weighted by Gasteiger charge is 2.15. The Morgan fingerprint density at radius 3 is 2.87 bits per heavy atom. The summed E-state index contributed by atoms with van der Waals surface area (Å²) in [5.74, 6) is 0.0119. The van der Waals surface area contributed by atoms with Crippen LogP contribution in [0.4, 0.5) is 9.52 Å². The van der Waals surface area contributed by atoms with E-state index >= 15 is 0 Å². The van der Waals surface area contributed by atoms with Crippen LogP contribution in [-0.2, 0) is 13.0 Å². The molecule has 0 aliphatic rings. The smallest absolute Gasteiger partial charge is 0.283 e. The second-order valence-corrected chi connectivity index (χ2v) is 7.72. The van der Waals surface area contributed by atoms with Gasteiger partial charge in [0.2, 0.25) is 0 Å². The molecule has 0 spiro atoms. The Morgan fingerprint density at radius 1 is 1.35 bits per heavy atom. The number of aryl methyl sites for hydroxylation is 1. The van der Waals surface area contributed by atoms with Crippen molar-refractivity contribution in [3.63, 3.8) is 0 Å². The van der Waals surface area contributed by atoms with E-state index in [9.17, 15) is 9.18 Å². The minimum Gasteiger partial charge on any atom is -0.493 e. The number of anilines is 1. The molecule has 0 bridgehead atoms. The third-order valence-electron chi connectivity index (χ3n) is 4.26. The number of nitrogens with two attached hydrogens (primary N) is 1. The van der Waals surface area contributed by atoms with Crippen molar-refractivity contribution in [2.24, 2.45) is 5.10 Å². The number of halogens is 2. The molecule has 0 radical (unpaired) electrons. The zero-order valence-electron chi connectivity index (χ0n) is 16.8. The summed E-state index contributed by atoms with van der Waals surface area (Å²) < 4.78 is 24.9. The minimum absolute atomic E-state index is 0.0525. The standard InChI is InChI=1S/C21H20ClFN4O3S/c1-3-16-19(31-21(24)26-16)20(28)27-25-10-12-7-8-17(18(9-12)29-2)30-11-13-14(22)5-4-6-15(13)23/h4-10H,3,11H2,1-2H3,(H2,24,26)(H,27,28)/b25-10-. The van der Waals surface area contributed by atoms with Crippen LogP contribution in [-0.4, -0.2) is 24.2 Å². The molecule has 1 amide bonds. The lowest BCUT2D eigenvalue weighted by atomic mass is 10.2. The number of amides is 1. The summed E-state index contributed by atoms with van der Waals surface area (Å²) in [6.45, 7) is 1.84.